The largest absolute Gasteiger partial charge is 0.454 e. The van der Waals surface area contributed by atoms with E-state index >= 15 is 0 Å². The fourth-order valence-electron chi connectivity index (χ4n) is 2.23. The number of benzene rings is 1. The Bertz CT molecular complexity index is 756. The molecule has 0 spiro atoms. The number of thiophene rings is 1. The van der Waals surface area contributed by atoms with E-state index in [4.69, 9.17) is 9.47 Å². The molecule has 3 rings (SSSR count). The molecule has 0 fully saturated rings. The van der Waals surface area contributed by atoms with Gasteiger partial charge in [-0.2, -0.15) is 0 Å². The molecule has 2 aromatic rings. The number of carbonyl (C=O) groups excluding carboxylic acids is 2. The highest BCUT2D eigenvalue weighted by Crippen LogP contribution is 2.34. The number of carbonyl (C=O) groups is 2. The smallest absolute Gasteiger partial charge is 0.261 e. The highest BCUT2D eigenvalue weighted by Gasteiger charge is 2.18. The average molecular weight is 332 g/mol. The van der Waals surface area contributed by atoms with Crippen molar-refractivity contribution in [3.63, 3.8) is 0 Å². The Kier molecular flexibility index (Phi) is 4.20. The predicted octanol–water partition coefficient (Wildman–Crippen LogP) is 2.93. The van der Waals surface area contributed by atoms with Crippen LogP contribution >= 0.6 is 11.3 Å². The van der Waals surface area contributed by atoms with E-state index in [-0.39, 0.29) is 24.6 Å². The number of rotatable bonds is 4. The summed E-state index contributed by atoms with van der Waals surface area (Å²) in [5, 5.41) is 6.25. The van der Waals surface area contributed by atoms with Crippen molar-refractivity contribution >= 4 is 28.2 Å². The first kappa shape index (κ1) is 15.4. The van der Waals surface area contributed by atoms with Crippen LogP contribution in [0.15, 0.2) is 30.3 Å². The summed E-state index contributed by atoms with van der Waals surface area (Å²) in [4.78, 5) is 23.9. The van der Waals surface area contributed by atoms with Crippen molar-refractivity contribution in [1.82, 2.24) is 5.32 Å². The van der Waals surface area contributed by atoms with Crippen molar-refractivity contribution in [2.24, 2.45) is 0 Å². The molecule has 2 N–H and O–H groups in total. The number of hydrogen-bond acceptors (Lipinski definition) is 5. The van der Waals surface area contributed by atoms with Crippen LogP contribution in [0.25, 0.3) is 0 Å². The number of amides is 2. The molecule has 6 nitrogen and oxygen atoms in total. The van der Waals surface area contributed by atoms with Crippen molar-refractivity contribution < 1.29 is 19.1 Å². The van der Waals surface area contributed by atoms with E-state index in [1.165, 1.54) is 18.3 Å². The number of ether oxygens (including phenoxy) is 2. The van der Waals surface area contributed by atoms with Gasteiger partial charge in [-0.1, -0.05) is 6.07 Å². The van der Waals surface area contributed by atoms with Crippen molar-refractivity contribution in [2.45, 2.75) is 19.9 Å². The second kappa shape index (κ2) is 6.29. The molecule has 0 saturated carbocycles. The van der Waals surface area contributed by atoms with E-state index in [0.29, 0.717) is 21.4 Å². The van der Waals surface area contributed by atoms with E-state index in [1.54, 1.807) is 12.1 Å². The van der Waals surface area contributed by atoms with Gasteiger partial charge in [-0.25, -0.2) is 0 Å². The molecule has 2 heterocycles. The lowest BCUT2D eigenvalue weighted by molar-refractivity contribution is -0.114. The highest BCUT2D eigenvalue weighted by atomic mass is 32.1. The summed E-state index contributed by atoms with van der Waals surface area (Å²) >= 11 is 1.24. The highest BCUT2D eigenvalue weighted by molar-refractivity contribution is 7.18. The van der Waals surface area contributed by atoms with Crippen LogP contribution in [-0.4, -0.2) is 18.6 Å². The monoisotopic (exact) mass is 332 g/mol. The third-order valence-corrected chi connectivity index (χ3v) is 4.37. The quantitative estimate of drug-likeness (QED) is 0.902. The van der Waals surface area contributed by atoms with Crippen LogP contribution in [0, 0.1) is 0 Å². The second-order valence-electron chi connectivity index (χ2n) is 5.15. The number of fused-ring (bicyclic) bond motifs is 1. The van der Waals surface area contributed by atoms with Crippen LogP contribution in [0.3, 0.4) is 0 Å². The van der Waals surface area contributed by atoms with Gasteiger partial charge in [-0.05, 0) is 36.8 Å². The summed E-state index contributed by atoms with van der Waals surface area (Å²) in [6.45, 7) is 3.56. The van der Waals surface area contributed by atoms with Crippen LogP contribution < -0.4 is 20.1 Å². The van der Waals surface area contributed by atoms with Gasteiger partial charge in [-0.15, -0.1) is 11.3 Å². The van der Waals surface area contributed by atoms with E-state index in [9.17, 15) is 9.59 Å². The average Bonchev–Trinajstić information content (AvgIpc) is 3.14. The molecule has 23 heavy (non-hydrogen) atoms. The maximum Gasteiger partial charge on any atom is 0.261 e. The standard InChI is InChI=1S/C16H16N2O4S/c1-9(11-3-4-12-13(7-11)22-8-21-12)17-16(20)14-5-6-15(23-14)18-10(2)19/h3-7,9H,8H2,1-2H3,(H,17,20)(H,18,19). The van der Waals surface area contributed by atoms with E-state index in [1.807, 2.05) is 25.1 Å². The number of nitrogens with one attached hydrogen (secondary N) is 2. The van der Waals surface area contributed by atoms with Gasteiger partial charge in [0.2, 0.25) is 12.7 Å². The molecule has 1 aromatic heterocycles. The van der Waals surface area contributed by atoms with Crippen molar-refractivity contribution in [3.05, 3.63) is 40.8 Å². The lowest BCUT2D eigenvalue weighted by atomic mass is 10.1. The first-order valence-electron chi connectivity index (χ1n) is 7.11. The Balaban J connectivity index is 1.67. The molecule has 120 valence electrons. The maximum atomic E-state index is 12.3. The molecule has 2 amide bonds. The minimum absolute atomic E-state index is 0.160. The number of anilines is 1. The summed E-state index contributed by atoms with van der Waals surface area (Å²) in [5.41, 5.74) is 0.932. The Morgan fingerprint density at radius 1 is 1.17 bits per heavy atom. The van der Waals surface area contributed by atoms with Gasteiger partial charge in [0.25, 0.3) is 5.91 Å². The Labute approximate surface area is 137 Å². The maximum absolute atomic E-state index is 12.3. The zero-order valence-corrected chi connectivity index (χ0v) is 13.5. The lowest BCUT2D eigenvalue weighted by Crippen LogP contribution is -2.25. The molecule has 0 saturated heterocycles. The molecule has 1 unspecified atom stereocenters. The van der Waals surface area contributed by atoms with Gasteiger partial charge < -0.3 is 20.1 Å². The van der Waals surface area contributed by atoms with Crippen LogP contribution in [0.2, 0.25) is 0 Å². The first-order valence-corrected chi connectivity index (χ1v) is 7.92. The fourth-order valence-corrected chi connectivity index (χ4v) is 3.09. The van der Waals surface area contributed by atoms with Crippen molar-refractivity contribution in [2.75, 3.05) is 12.1 Å². The summed E-state index contributed by atoms with van der Waals surface area (Å²) in [5.74, 6) is 1.06. The zero-order chi connectivity index (χ0) is 16.4. The van der Waals surface area contributed by atoms with Crippen molar-refractivity contribution in [1.29, 1.82) is 0 Å². The summed E-state index contributed by atoms with van der Waals surface area (Å²) in [7, 11) is 0. The van der Waals surface area contributed by atoms with Crippen LogP contribution in [0.1, 0.15) is 35.1 Å². The molecule has 0 aliphatic carbocycles. The van der Waals surface area contributed by atoms with E-state index in [0.717, 1.165) is 5.56 Å². The minimum atomic E-state index is -0.184. The normalized spacial score (nSPS) is 13.5. The van der Waals surface area contributed by atoms with Gasteiger partial charge in [-0.3, -0.25) is 9.59 Å². The third-order valence-electron chi connectivity index (χ3n) is 3.37. The van der Waals surface area contributed by atoms with Gasteiger partial charge >= 0.3 is 0 Å². The summed E-state index contributed by atoms with van der Waals surface area (Å²) < 4.78 is 10.6. The lowest BCUT2D eigenvalue weighted by Gasteiger charge is -2.14. The second-order valence-corrected chi connectivity index (χ2v) is 6.24. The van der Waals surface area contributed by atoms with Gasteiger partial charge in [0.1, 0.15) is 0 Å². The van der Waals surface area contributed by atoms with Crippen molar-refractivity contribution in [3.8, 4) is 11.5 Å². The minimum Gasteiger partial charge on any atom is -0.454 e. The molecule has 1 aliphatic heterocycles. The third kappa shape index (κ3) is 3.45. The Morgan fingerprint density at radius 3 is 2.74 bits per heavy atom. The zero-order valence-electron chi connectivity index (χ0n) is 12.7. The topological polar surface area (TPSA) is 76.7 Å². The first-order chi connectivity index (χ1) is 11.0. The Hall–Kier alpha value is -2.54. The summed E-state index contributed by atoms with van der Waals surface area (Å²) in [6.07, 6.45) is 0. The van der Waals surface area contributed by atoms with Crippen LogP contribution in [0.4, 0.5) is 5.00 Å². The molecule has 7 heteroatoms. The molecular weight excluding hydrogens is 316 g/mol. The van der Waals surface area contributed by atoms with Gasteiger partial charge in [0, 0.05) is 6.92 Å². The molecule has 0 bridgehead atoms. The number of hydrogen-bond donors (Lipinski definition) is 2. The van der Waals surface area contributed by atoms with Crippen LogP contribution in [-0.2, 0) is 4.79 Å². The molecule has 1 aliphatic rings. The summed E-state index contributed by atoms with van der Waals surface area (Å²) in [6, 6.07) is 8.83. The molecule has 0 radical (unpaired) electrons. The van der Waals surface area contributed by atoms with Gasteiger partial charge in [0.05, 0.1) is 15.9 Å². The SMILES string of the molecule is CC(=O)Nc1ccc(C(=O)NC(C)c2ccc3c(c2)OCO3)s1. The fraction of sp³-hybridized carbons (Fsp3) is 0.250. The molecular formula is C16H16N2O4S. The van der Waals surface area contributed by atoms with Gasteiger partial charge in [0.15, 0.2) is 11.5 Å². The predicted molar refractivity (Wildman–Crippen MR) is 87.1 cm³/mol. The van der Waals surface area contributed by atoms with Crippen LogP contribution in [0.5, 0.6) is 11.5 Å². The van der Waals surface area contributed by atoms with E-state index in [2.05, 4.69) is 10.6 Å². The Morgan fingerprint density at radius 2 is 1.96 bits per heavy atom. The molecule has 1 aromatic carbocycles. The van der Waals surface area contributed by atoms with E-state index < -0.39 is 0 Å². The molecule has 1 atom stereocenters.